The molecule has 1 fully saturated rings. The molecule has 2 aromatic carbocycles. The lowest BCUT2D eigenvalue weighted by Crippen LogP contribution is -2.32. The first-order chi connectivity index (χ1) is 16.0. The third-order valence-electron chi connectivity index (χ3n) is 6.58. The zero-order chi connectivity index (χ0) is 22.7. The highest BCUT2D eigenvalue weighted by Crippen LogP contribution is 2.40. The first kappa shape index (κ1) is 19.7. The van der Waals surface area contributed by atoms with E-state index in [0.717, 1.165) is 30.5 Å². The van der Waals surface area contributed by atoms with Crippen LogP contribution in [0.5, 0.6) is 0 Å². The lowest BCUT2D eigenvalue weighted by molar-refractivity contribution is 0.102. The molecule has 2 aliphatic rings. The van der Waals surface area contributed by atoms with Crippen LogP contribution in [0.15, 0.2) is 58.1 Å². The van der Waals surface area contributed by atoms with Crippen LogP contribution in [-0.2, 0) is 13.0 Å². The van der Waals surface area contributed by atoms with Crippen molar-refractivity contribution in [3.8, 4) is 11.1 Å². The highest BCUT2D eigenvalue weighted by atomic mass is 16.2. The second-order valence-electron chi connectivity index (χ2n) is 8.73. The van der Waals surface area contributed by atoms with Crippen molar-refractivity contribution in [3.05, 3.63) is 91.8 Å². The van der Waals surface area contributed by atoms with E-state index in [1.54, 1.807) is 6.07 Å². The van der Waals surface area contributed by atoms with Gasteiger partial charge in [-0.15, -0.1) is 0 Å². The molecule has 2 aromatic heterocycles. The Hall–Kier alpha value is -4.00. The quantitative estimate of drug-likeness (QED) is 0.446. The number of H-pyrrole nitrogens is 1. The number of aromatic amines is 1. The number of nitrogens with zero attached hydrogens (tertiary/aromatic N) is 2. The summed E-state index contributed by atoms with van der Waals surface area (Å²) in [6.45, 7) is 2.16. The Kier molecular flexibility index (Phi) is 4.33. The fraction of sp³-hybridized carbons (Fsp3) is 0.231. The third-order valence-corrected chi connectivity index (χ3v) is 6.58. The second kappa shape index (κ2) is 7.27. The van der Waals surface area contributed by atoms with Crippen LogP contribution in [0.2, 0.25) is 0 Å². The Morgan fingerprint density at radius 2 is 1.88 bits per heavy atom. The van der Waals surface area contributed by atoms with Gasteiger partial charge in [0.05, 0.1) is 10.9 Å². The van der Waals surface area contributed by atoms with Crippen LogP contribution < -0.4 is 16.6 Å². The molecule has 7 nitrogen and oxygen atoms in total. The van der Waals surface area contributed by atoms with Crippen molar-refractivity contribution < 1.29 is 4.79 Å². The third kappa shape index (κ3) is 3.19. The maximum atomic E-state index is 13.4. The zero-order valence-corrected chi connectivity index (χ0v) is 18.1. The Bertz CT molecular complexity index is 1580. The van der Waals surface area contributed by atoms with Gasteiger partial charge in [0, 0.05) is 23.8 Å². The van der Waals surface area contributed by atoms with Gasteiger partial charge in [-0.05, 0) is 66.6 Å². The topological polar surface area (TPSA) is 96.9 Å². The second-order valence-corrected chi connectivity index (χ2v) is 8.73. The lowest BCUT2D eigenvalue weighted by Gasteiger charge is -2.13. The number of aromatic nitrogens is 3. The number of nitrogens with one attached hydrogen (secondary N) is 2. The fourth-order valence-corrected chi connectivity index (χ4v) is 4.78. The van der Waals surface area contributed by atoms with Gasteiger partial charge in [0.15, 0.2) is 5.65 Å². The standard InChI is InChI=1S/C26H22N4O3/c1-2-30-23-22(25(32)29-26(30)33)20(13-21(28-23)14-7-8-14)24(31)27-17-9-10-19-16(12-17)11-15-5-3-4-6-18(15)19/h3-6,9-10,12-14H,2,7-8,11H2,1H3,(H,27,31)(H,29,32,33). The molecule has 2 N–H and O–H groups in total. The molecule has 6 rings (SSSR count). The summed E-state index contributed by atoms with van der Waals surface area (Å²) in [6.07, 6.45) is 2.80. The monoisotopic (exact) mass is 438 g/mol. The number of hydrogen-bond acceptors (Lipinski definition) is 4. The number of benzene rings is 2. The van der Waals surface area contributed by atoms with Crippen molar-refractivity contribution >= 4 is 22.6 Å². The van der Waals surface area contributed by atoms with Crippen LogP contribution in [-0.4, -0.2) is 20.4 Å². The van der Waals surface area contributed by atoms with E-state index in [-0.39, 0.29) is 28.4 Å². The summed E-state index contributed by atoms with van der Waals surface area (Å²) in [5.74, 6) is -0.120. The molecule has 0 saturated heterocycles. The Labute approximate surface area is 189 Å². The van der Waals surface area contributed by atoms with E-state index in [2.05, 4.69) is 27.4 Å². The van der Waals surface area contributed by atoms with E-state index in [1.807, 2.05) is 37.3 Å². The van der Waals surface area contributed by atoms with E-state index >= 15 is 0 Å². The number of carbonyl (C=O) groups excluding carboxylic acids is 1. The van der Waals surface area contributed by atoms with Gasteiger partial charge in [0.1, 0.15) is 0 Å². The molecule has 4 aromatic rings. The maximum absolute atomic E-state index is 13.4. The first-order valence-electron chi connectivity index (χ1n) is 11.2. The minimum Gasteiger partial charge on any atom is -0.322 e. The molecule has 1 saturated carbocycles. The Morgan fingerprint density at radius 3 is 2.67 bits per heavy atom. The number of anilines is 1. The predicted octanol–water partition coefficient (Wildman–Crippen LogP) is 3.81. The van der Waals surface area contributed by atoms with Gasteiger partial charge < -0.3 is 5.32 Å². The molecule has 1 amide bonds. The van der Waals surface area contributed by atoms with E-state index in [9.17, 15) is 14.4 Å². The SMILES string of the molecule is CCn1c(=O)[nH]c(=O)c2c(C(=O)Nc3ccc4c(c3)Cc3ccccc3-4)cc(C3CC3)nc21. The lowest BCUT2D eigenvalue weighted by atomic mass is 10.1. The molecule has 164 valence electrons. The molecule has 0 bridgehead atoms. The van der Waals surface area contributed by atoms with Gasteiger partial charge in [-0.2, -0.15) is 0 Å². The molecule has 2 aliphatic carbocycles. The van der Waals surface area contributed by atoms with Crippen LogP contribution in [0.25, 0.3) is 22.2 Å². The molecule has 0 aliphatic heterocycles. The molecule has 0 spiro atoms. The highest BCUT2D eigenvalue weighted by Gasteiger charge is 2.29. The van der Waals surface area contributed by atoms with Gasteiger partial charge in [0.25, 0.3) is 11.5 Å². The van der Waals surface area contributed by atoms with Crippen molar-refractivity contribution in [1.82, 2.24) is 14.5 Å². The van der Waals surface area contributed by atoms with E-state index in [4.69, 9.17) is 0 Å². The fourth-order valence-electron chi connectivity index (χ4n) is 4.78. The van der Waals surface area contributed by atoms with Gasteiger partial charge in [-0.3, -0.25) is 19.1 Å². The van der Waals surface area contributed by atoms with Crippen LogP contribution in [0.3, 0.4) is 0 Å². The molecular formula is C26H22N4O3. The zero-order valence-electron chi connectivity index (χ0n) is 18.1. The number of hydrogen-bond donors (Lipinski definition) is 2. The molecule has 7 heteroatoms. The normalized spacial score (nSPS) is 14.2. The van der Waals surface area contributed by atoms with Crippen molar-refractivity contribution in [2.75, 3.05) is 5.32 Å². The summed E-state index contributed by atoms with van der Waals surface area (Å²) in [4.78, 5) is 45.4. The largest absolute Gasteiger partial charge is 0.329 e. The average molecular weight is 438 g/mol. The predicted molar refractivity (Wildman–Crippen MR) is 127 cm³/mol. The highest BCUT2D eigenvalue weighted by molar-refractivity contribution is 6.12. The summed E-state index contributed by atoms with van der Waals surface area (Å²) in [7, 11) is 0. The van der Waals surface area contributed by atoms with Crippen LogP contribution >= 0.6 is 0 Å². The van der Waals surface area contributed by atoms with Crippen molar-refractivity contribution in [1.29, 1.82) is 0 Å². The van der Waals surface area contributed by atoms with Crippen molar-refractivity contribution in [2.45, 2.75) is 38.6 Å². The molecule has 0 unspecified atom stereocenters. The van der Waals surface area contributed by atoms with Gasteiger partial charge in [-0.25, -0.2) is 9.78 Å². The Balaban J connectivity index is 1.43. The first-order valence-corrected chi connectivity index (χ1v) is 11.2. The number of carbonyl (C=O) groups is 1. The number of aryl methyl sites for hydroxylation is 1. The summed E-state index contributed by atoms with van der Waals surface area (Å²) >= 11 is 0. The number of amides is 1. The van der Waals surface area contributed by atoms with E-state index in [0.29, 0.717) is 12.2 Å². The number of rotatable bonds is 4. The minimum atomic E-state index is -0.593. The molecule has 33 heavy (non-hydrogen) atoms. The van der Waals surface area contributed by atoms with E-state index < -0.39 is 11.2 Å². The molecule has 0 radical (unpaired) electrons. The summed E-state index contributed by atoms with van der Waals surface area (Å²) < 4.78 is 1.41. The van der Waals surface area contributed by atoms with Gasteiger partial charge >= 0.3 is 5.69 Å². The van der Waals surface area contributed by atoms with E-state index in [1.165, 1.54) is 21.3 Å². The van der Waals surface area contributed by atoms with Crippen LogP contribution in [0.4, 0.5) is 5.69 Å². The van der Waals surface area contributed by atoms with Crippen molar-refractivity contribution in [2.24, 2.45) is 0 Å². The average Bonchev–Trinajstić information content (AvgIpc) is 3.59. The van der Waals surface area contributed by atoms with Gasteiger partial charge in [-0.1, -0.05) is 30.3 Å². The van der Waals surface area contributed by atoms with Gasteiger partial charge in [0.2, 0.25) is 0 Å². The Morgan fingerprint density at radius 1 is 1.09 bits per heavy atom. The summed E-state index contributed by atoms with van der Waals surface area (Å²) in [5.41, 5.74) is 5.66. The van der Waals surface area contributed by atoms with Crippen LogP contribution in [0, 0.1) is 0 Å². The molecule has 2 heterocycles. The number of fused-ring (bicyclic) bond motifs is 4. The smallest absolute Gasteiger partial charge is 0.322 e. The maximum Gasteiger partial charge on any atom is 0.329 e. The molecular weight excluding hydrogens is 416 g/mol. The van der Waals surface area contributed by atoms with Crippen LogP contribution in [0.1, 0.15) is 52.9 Å². The minimum absolute atomic E-state index is 0.145. The molecule has 0 atom stereocenters. The summed E-state index contributed by atoms with van der Waals surface area (Å²) in [5, 5.41) is 3.11. The summed E-state index contributed by atoms with van der Waals surface area (Å²) in [6, 6.07) is 15.9. The van der Waals surface area contributed by atoms with Crippen molar-refractivity contribution in [3.63, 3.8) is 0 Å². The number of pyridine rings is 1.